The largest absolute Gasteiger partial charge is 0.399 e. The molecule has 0 aliphatic rings. The van der Waals surface area contributed by atoms with E-state index in [4.69, 9.17) is 15.0 Å². The van der Waals surface area contributed by atoms with Gasteiger partial charge in [0.25, 0.3) is 5.89 Å². The predicted molar refractivity (Wildman–Crippen MR) is 78.1 cm³/mol. The lowest BCUT2D eigenvalue weighted by Crippen LogP contribution is -2.12. The number of nitrogens with zero attached hydrogens (tertiary/aromatic N) is 2. The molecular weight excluding hydrogens is 254 g/mol. The average Bonchev–Trinajstić information content (AvgIpc) is 2.87. The fraction of sp³-hybridized carbons (Fsp3) is 0.467. The lowest BCUT2D eigenvalue weighted by Gasteiger charge is -2.16. The van der Waals surface area contributed by atoms with E-state index in [-0.39, 0.29) is 12.0 Å². The molecule has 0 aliphatic carbocycles. The lowest BCUT2D eigenvalue weighted by atomic mass is 10.1. The molecule has 0 aliphatic heterocycles. The van der Waals surface area contributed by atoms with E-state index in [1.807, 2.05) is 32.0 Å². The van der Waals surface area contributed by atoms with Crippen LogP contribution in [0.25, 0.3) is 11.5 Å². The second kappa shape index (κ2) is 6.05. The normalized spacial score (nSPS) is 12.8. The van der Waals surface area contributed by atoms with E-state index in [0.29, 0.717) is 24.0 Å². The molecule has 108 valence electrons. The molecule has 2 N–H and O–H groups in total. The fourth-order valence-corrected chi connectivity index (χ4v) is 2.07. The van der Waals surface area contributed by atoms with E-state index in [2.05, 4.69) is 24.0 Å². The van der Waals surface area contributed by atoms with Crippen LogP contribution in [0.1, 0.15) is 38.3 Å². The van der Waals surface area contributed by atoms with Crippen molar-refractivity contribution in [3.8, 4) is 11.5 Å². The Morgan fingerprint density at radius 3 is 2.75 bits per heavy atom. The smallest absolute Gasteiger partial charge is 0.258 e. The SMILES string of the molecule is CCOC(c1noc(-c2cc(N)ccc2C)n1)C(C)C. The molecule has 0 amide bonds. The highest BCUT2D eigenvalue weighted by molar-refractivity contribution is 5.63. The summed E-state index contributed by atoms with van der Waals surface area (Å²) < 4.78 is 11.1. The monoisotopic (exact) mass is 275 g/mol. The maximum absolute atomic E-state index is 5.81. The summed E-state index contributed by atoms with van der Waals surface area (Å²) in [5, 5.41) is 4.05. The third kappa shape index (κ3) is 2.99. The number of aryl methyl sites for hydroxylation is 1. The lowest BCUT2D eigenvalue weighted by molar-refractivity contribution is 0.0217. The Labute approximate surface area is 119 Å². The van der Waals surface area contributed by atoms with Gasteiger partial charge >= 0.3 is 0 Å². The van der Waals surface area contributed by atoms with Gasteiger partial charge in [-0.25, -0.2) is 0 Å². The molecule has 1 heterocycles. The molecule has 1 aromatic carbocycles. The van der Waals surface area contributed by atoms with Gasteiger partial charge in [0, 0.05) is 17.9 Å². The van der Waals surface area contributed by atoms with Crippen molar-refractivity contribution >= 4 is 5.69 Å². The Bertz CT molecular complexity index is 578. The number of hydrogen-bond donors (Lipinski definition) is 1. The topological polar surface area (TPSA) is 74.2 Å². The average molecular weight is 275 g/mol. The van der Waals surface area contributed by atoms with Crippen LogP contribution in [-0.2, 0) is 4.74 Å². The first-order valence-electron chi connectivity index (χ1n) is 6.84. The zero-order chi connectivity index (χ0) is 14.7. The number of benzene rings is 1. The van der Waals surface area contributed by atoms with Crippen LogP contribution in [-0.4, -0.2) is 16.7 Å². The number of ether oxygens (including phenoxy) is 1. The van der Waals surface area contributed by atoms with Crippen LogP contribution < -0.4 is 5.73 Å². The van der Waals surface area contributed by atoms with E-state index >= 15 is 0 Å². The van der Waals surface area contributed by atoms with Gasteiger partial charge in [0.2, 0.25) is 5.82 Å². The molecule has 5 heteroatoms. The van der Waals surface area contributed by atoms with Crippen LogP contribution in [0.3, 0.4) is 0 Å². The molecule has 5 nitrogen and oxygen atoms in total. The number of aromatic nitrogens is 2. The molecular formula is C15H21N3O2. The highest BCUT2D eigenvalue weighted by atomic mass is 16.5. The minimum atomic E-state index is -0.154. The van der Waals surface area contributed by atoms with Crippen LogP contribution in [0.2, 0.25) is 0 Å². The predicted octanol–water partition coefficient (Wildman–Crippen LogP) is 3.36. The summed E-state index contributed by atoms with van der Waals surface area (Å²) in [6.07, 6.45) is -0.154. The van der Waals surface area contributed by atoms with Gasteiger partial charge in [0.15, 0.2) is 0 Å². The Hall–Kier alpha value is -1.88. The van der Waals surface area contributed by atoms with Crippen molar-refractivity contribution in [2.75, 3.05) is 12.3 Å². The van der Waals surface area contributed by atoms with Crippen molar-refractivity contribution in [3.05, 3.63) is 29.6 Å². The van der Waals surface area contributed by atoms with Crippen molar-refractivity contribution in [3.63, 3.8) is 0 Å². The van der Waals surface area contributed by atoms with Gasteiger partial charge < -0.3 is 15.0 Å². The van der Waals surface area contributed by atoms with Crippen LogP contribution in [0, 0.1) is 12.8 Å². The van der Waals surface area contributed by atoms with Crippen LogP contribution in [0.15, 0.2) is 22.7 Å². The summed E-state index contributed by atoms with van der Waals surface area (Å²) in [6, 6.07) is 5.64. The second-order valence-electron chi connectivity index (χ2n) is 5.15. The molecule has 2 aromatic rings. The van der Waals surface area contributed by atoms with Crippen molar-refractivity contribution in [2.24, 2.45) is 5.92 Å². The molecule has 2 rings (SSSR count). The summed E-state index contributed by atoms with van der Waals surface area (Å²) in [4.78, 5) is 4.46. The first-order valence-corrected chi connectivity index (χ1v) is 6.84. The van der Waals surface area contributed by atoms with E-state index < -0.39 is 0 Å². The minimum absolute atomic E-state index is 0.154. The molecule has 0 spiro atoms. The standard InChI is InChI=1S/C15H21N3O2/c1-5-19-13(9(2)3)14-17-15(20-18-14)12-8-11(16)7-6-10(12)4/h6-9,13H,5,16H2,1-4H3. The van der Waals surface area contributed by atoms with Gasteiger partial charge in [0.1, 0.15) is 6.10 Å². The highest BCUT2D eigenvalue weighted by Gasteiger charge is 2.23. The number of nitrogen functional groups attached to an aromatic ring is 1. The molecule has 0 saturated heterocycles. The summed E-state index contributed by atoms with van der Waals surface area (Å²) in [7, 11) is 0. The van der Waals surface area contributed by atoms with Crippen LogP contribution >= 0.6 is 0 Å². The minimum Gasteiger partial charge on any atom is -0.399 e. The van der Waals surface area contributed by atoms with E-state index in [0.717, 1.165) is 11.1 Å². The number of hydrogen-bond acceptors (Lipinski definition) is 5. The molecule has 0 fully saturated rings. The molecule has 0 bridgehead atoms. The van der Waals surface area contributed by atoms with Gasteiger partial charge in [-0.2, -0.15) is 4.98 Å². The Morgan fingerprint density at radius 1 is 1.35 bits per heavy atom. The Kier molecular flexibility index (Phi) is 4.39. The Balaban J connectivity index is 2.34. The van der Waals surface area contributed by atoms with E-state index in [1.54, 1.807) is 0 Å². The summed E-state index contributed by atoms with van der Waals surface area (Å²) in [5.41, 5.74) is 8.40. The maximum atomic E-state index is 5.81. The van der Waals surface area contributed by atoms with Gasteiger partial charge in [-0.15, -0.1) is 0 Å². The summed E-state index contributed by atoms with van der Waals surface area (Å²) in [5.74, 6) is 1.34. The zero-order valence-electron chi connectivity index (χ0n) is 12.4. The van der Waals surface area contributed by atoms with Crippen molar-refractivity contribution in [1.82, 2.24) is 10.1 Å². The number of nitrogens with two attached hydrogens (primary N) is 1. The van der Waals surface area contributed by atoms with E-state index in [9.17, 15) is 0 Å². The highest BCUT2D eigenvalue weighted by Crippen LogP contribution is 2.28. The zero-order valence-corrected chi connectivity index (χ0v) is 12.4. The first kappa shape index (κ1) is 14.5. The summed E-state index contributed by atoms with van der Waals surface area (Å²) >= 11 is 0. The number of anilines is 1. The van der Waals surface area contributed by atoms with Gasteiger partial charge in [-0.3, -0.25) is 0 Å². The van der Waals surface area contributed by atoms with Gasteiger partial charge in [0.05, 0.1) is 0 Å². The van der Waals surface area contributed by atoms with Crippen LogP contribution in [0.5, 0.6) is 0 Å². The molecule has 1 aromatic heterocycles. The molecule has 1 unspecified atom stereocenters. The van der Waals surface area contributed by atoms with Crippen LogP contribution in [0.4, 0.5) is 5.69 Å². The molecule has 20 heavy (non-hydrogen) atoms. The van der Waals surface area contributed by atoms with Crippen molar-refractivity contribution in [2.45, 2.75) is 33.8 Å². The quantitative estimate of drug-likeness (QED) is 0.847. The Morgan fingerprint density at radius 2 is 2.10 bits per heavy atom. The number of rotatable bonds is 5. The van der Waals surface area contributed by atoms with Gasteiger partial charge in [-0.1, -0.05) is 25.1 Å². The van der Waals surface area contributed by atoms with Gasteiger partial charge in [-0.05, 0) is 37.5 Å². The fourth-order valence-electron chi connectivity index (χ4n) is 2.07. The molecule has 0 saturated carbocycles. The third-order valence-electron chi connectivity index (χ3n) is 3.14. The molecule has 0 radical (unpaired) electrons. The third-order valence-corrected chi connectivity index (χ3v) is 3.14. The van der Waals surface area contributed by atoms with Crippen molar-refractivity contribution in [1.29, 1.82) is 0 Å². The molecule has 1 atom stereocenters. The summed E-state index contributed by atoms with van der Waals surface area (Å²) in [6.45, 7) is 8.70. The second-order valence-corrected chi connectivity index (χ2v) is 5.15. The van der Waals surface area contributed by atoms with E-state index in [1.165, 1.54) is 0 Å². The van der Waals surface area contributed by atoms with Crippen molar-refractivity contribution < 1.29 is 9.26 Å². The maximum Gasteiger partial charge on any atom is 0.258 e. The first-order chi connectivity index (χ1) is 9.52.